The van der Waals surface area contributed by atoms with Crippen LogP contribution in [0.25, 0.3) is 0 Å². The number of nitrogens with one attached hydrogen (secondary N) is 1. The van der Waals surface area contributed by atoms with E-state index in [1.165, 1.54) is 0 Å². The van der Waals surface area contributed by atoms with Crippen LogP contribution in [-0.4, -0.2) is 29.4 Å². The molecule has 1 atom stereocenters. The molecule has 0 bridgehead atoms. The fourth-order valence-corrected chi connectivity index (χ4v) is 3.03. The molecular weight excluding hydrogens is 344 g/mol. The standard InChI is InChI=1S/C21H22N2O4/c1-14-8-10-17(11-9-14)21(3)19(25)23(20(26)22-21)12-18(24)27-13-16-7-5-4-6-15(16)2/h4-11H,12-13H2,1-3H3,(H,22,26)/t21-/m1/s1. The molecule has 6 heteroatoms. The van der Waals surface area contributed by atoms with Gasteiger partial charge in [0.05, 0.1) is 0 Å². The van der Waals surface area contributed by atoms with Gasteiger partial charge in [-0.05, 0) is 37.5 Å². The lowest BCUT2D eigenvalue weighted by atomic mass is 9.91. The number of carbonyl (C=O) groups is 3. The summed E-state index contributed by atoms with van der Waals surface area (Å²) in [6.45, 7) is 5.19. The molecule has 0 aliphatic carbocycles. The topological polar surface area (TPSA) is 75.7 Å². The van der Waals surface area contributed by atoms with E-state index in [2.05, 4.69) is 5.32 Å². The number of amides is 3. The number of ether oxygens (including phenoxy) is 1. The van der Waals surface area contributed by atoms with Crippen molar-refractivity contribution in [2.24, 2.45) is 0 Å². The first-order valence-electron chi connectivity index (χ1n) is 8.72. The van der Waals surface area contributed by atoms with Gasteiger partial charge in [-0.1, -0.05) is 54.1 Å². The number of aryl methyl sites for hydroxylation is 2. The number of hydrogen-bond acceptors (Lipinski definition) is 4. The molecule has 2 aromatic rings. The number of hydrogen-bond donors (Lipinski definition) is 1. The van der Waals surface area contributed by atoms with Crippen molar-refractivity contribution in [2.45, 2.75) is 32.9 Å². The van der Waals surface area contributed by atoms with Gasteiger partial charge in [-0.3, -0.25) is 14.5 Å². The van der Waals surface area contributed by atoms with Crippen molar-refractivity contribution in [1.82, 2.24) is 10.2 Å². The number of benzene rings is 2. The minimum atomic E-state index is -1.19. The van der Waals surface area contributed by atoms with E-state index in [9.17, 15) is 14.4 Å². The van der Waals surface area contributed by atoms with E-state index >= 15 is 0 Å². The van der Waals surface area contributed by atoms with Crippen LogP contribution in [-0.2, 0) is 26.5 Å². The highest BCUT2D eigenvalue weighted by Gasteiger charge is 2.49. The van der Waals surface area contributed by atoms with Crippen LogP contribution in [0.5, 0.6) is 0 Å². The summed E-state index contributed by atoms with van der Waals surface area (Å²) in [6, 6.07) is 14.3. The summed E-state index contributed by atoms with van der Waals surface area (Å²) in [5, 5.41) is 2.68. The molecule has 27 heavy (non-hydrogen) atoms. The summed E-state index contributed by atoms with van der Waals surface area (Å²) in [4.78, 5) is 38.2. The Bertz CT molecular complexity index is 891. The van der Waals surface area contributed by atoms with E-state index in [1.54, 1.807) is 19.1 Å². The highest BCUT2D eigenvalue weighted by molar-refractivity contribution is 6.08. The number of carbonyl (C=O) groups excluding carboxylic acids is 3. The summed E-state index contributed by atoms with van der Waals surface area (Å²) in [7, 11) is 0. The Labute approximate surface area is 158 Å². The molecule has 0 spiro atoms. The predicted octanol–water partition coefficient (Wildman–Crippen LogP) is 2.81. The van der Waals surface area contributed by atoms with Crippen molar-refractivity contribution < 1.29 is 19.1 Å². The van der Waals surface area contributed by atoms with Crippen LogP contribution in [0.15, 0.2) is 48.5 Å². The molecule has 1 saturated heterocycles. The fourth-order valence-electron chi connectivity index (χ4n) is 3.03. The molecule has 0 radical (unpaired) electrons. The van der Waals surface area contributed by atoms with Gasteiger partial charge in [0.15, 0.2) is 0 Å². The van der Waals surface area contributed by atoms with Crippen LogP contribution in [0.2, 0.25) is 0 Å². The Kier molecular flexibility index (Phi) is 4.99. The van der Waals surface area contributed by atoms with Gasteiger partial charge in [0, 0.05) is 0 Å². The molecule has 140 valence electrons. The van der Waals surface area contributed by atoms with Gasteiger partial charge in [0.2, 0.25) is 0 Å². The average molecular weight is 366 g/mol. The SMILES string of the molecule is Cc1ccc([C@@]2(C)NC(=O)N(CC(=O)OCc3ccccc3C)C2=O)cc1. The maximum absolute atomic E-state index is 12.8. The molecule has 6 nitrogen and oxygen atoms in total. The van der Waals surface area contributed by atoms with Crippen LogP contribution in [0.1, 0.15) is 29.2 Å². The summed E-state index contributed by atoms with van der Waals surface area (Å²) in [5.41, 5.74) is 2.42. The first kappa shape index (κ1) is 18.6. The Morgan fingerprint density at radius 3 is 2.41 bits per heavy atom. The quantitative estimate of drug-likeness (QED) is 0.652. The number of imide groups is 1. The molecule has 1 aliphatic heterocycles. The van der Waals surface area contributed by atoms with Gasteiger partial charge < -0.3 is 10.1 Å². The summed E-state index contributed by atoms with van der Waals surface area (Å²) < 4.78 is 5.24. The lowest BCUT2D eigenvalue weighted by Gasteiger charge is -2.22. The minimum absolute atomic E-state index is 0.102. The highest BCUT2D eigenvalue weighted by Crippen LogP contribution is 2.29. The van der Waals surface area contributed by atoms with Crippen LogP contribution < -0.4 is 5.32 Å². The third-order valence-corrected chi connectivity index (χ3v) is 4.84. The zero-order chi connectivity index (χ0) is 19.6. The Hall–Kier alpha value is -3.15. The second-order valence-electron chi connectivity index (χ2n) is 6.90. The molecule has 0 aromatic heterocycles. The summed E-state index contributed by atoms with van der Waals surface area (Å²) >= 11 is 0. The molecule has 0 unspecified atom stereocenters. The third kappa shape index (κ3) is 3.69. The van der Waals surface area contributed by atoms with E-state index < -0.39 is 30.0 Å². The molecule has 3 amide bonds. The third-order valence-electron chi connectivity index (χ3n) is 4.84. The molecule has 1 fully saturated rings. The molecule has 1 aliphatic rings. The largest absolute Gasteiger partial charge is 0.459 e. The number of urea groups is 1. The van der Waals surface area contributed by atoms with E-state index in [1.807, 2.05) is 50.2 Å². The van der Waals surface area contributed by atoms with Gasteiger partial charge in [0.1, 0.15) is 18.7 Å². The van der Waals surface area contributed by atoms with Crippen molar-refractivity contribution in [2.75, 3.05) is 6.54 Å². The normalized spacial score (nSPS) is 19.1. The summed E-state index contributed by atoms with van der Waals surface area (Å²) in [5.74, 6) is -1.10. The minimum Gasteiger partial charge on any atom is -0.459 e. The molecule has 1 heterocycles. The van der Waals surface area contributed by atoms with Crippen LogP contribution in [0.3, 0.4) is 0 Å². The number of esters is 1. The second kappa shape index (κ2) is 7.23. The van der Waals surface area contributed by atoms with Gasteiger partial charge >= 0.3 is 12.0 Å². The molecule has 2 aromatic carbocycles. The zero-order valence-electron chi connectivity index (χ0n) is 15.6. The van der Waals surface area contributed by atoms with Crippen LogP contribution in [0, 0.1) is 13.8 Å². The molecular formula is C21H22N2O4. The highest BCUT2D eigenvalue weighted by atomic mass is 16.5. The first-order valence-corrected chi connectivity index (χ1v) is 8.72. The fraction of sp³-hybridized carbons (Fsp3) is 0.286. The van der Waals surface area contributed by atoms with Gasteiger partial charge in [0.25, 0.3) is 5.91 Å². The maximum Gasteiger partial charge on any atom is 0.326 e. The van der Waals surface area contributed by atoms with E-state index in [0.717, 1.165) is 21.6 Å². The van der Waals surface area contributed by atoms with Gasteiger partial charge in [-0.2, -0.15) is 0 Å². The first-order chi connectivity index (χ1) is 12.8. The van der Waals surface area contributed by atoms with Crippen LogP contribution in [0.4, 0.5) is 4.79 Å². The summed E-state index contributed by atoms with van der Waals surface area (Å²) in [6.07, 6.45) is 0. The Balaban J connectivity index is 1.67. The van der Waals surface area contributed by atoms with Crippen molar-refractivity contribution in [3.8, 4) is 0 Å². The molecule has 1 N–H and O–H groups in total. The Morgan fingerprint density at radius 2 is 1.74 bits per heavy atom. The van der Waals surface area contributed by atoms with Crippen molar-refractivity contribution in [1.29, 1.82) is 0 Å². The van der Waals surface area contributed by atoms with Gasteiger partial charge in [-0.25, -0.2) is 4.79 Å². The van der Waals surface area contributed by atoms with E-state index in [0.29, 0.717) is 5.56 Å². The lowest BCUT2D eigenvalue weighted by Crippen LogP contribution is -2.41. The zero-order valence-corrected chi connectivity index (χ0v) is 15.6. The molecule has 0 saturated carbocycles. The van der Waals surface area contributed by atoms with Crippen LogP contribution >= 0.6 is 0 Å². The Morgan fingerprint density at radius 1 is 1.07 bits per heavy atom. The maximum atomic E-state index is 12.8. The number of rotatable bonds is 5. The van der Waals surface area contributed by atoms with Crippen molar-refractivity contribution >= 4 is 17.9 Å². The van der Waals surface area contributed by atoms with Crippen molar-refractivity contribution in [3.63, 3.8) is 0 Å². The second-order valence-corrected chi connectivity index (χ2v) is 6.90. The lowest BCUT2D eigenvalue weighted by molar-refractivity contribution is -0.148. The van der Waals surface area contributed by atoms with E-state index in [4.69, 9.17) is 4.74 Å². The van der Waals surface area contributed by atoms with E-state index in [-0.39, 0.29) is 6.61 Å². The predicted molar refractivity (Wildman–Crippen MR) is 99.8 cm³/mol. The smallest absolute Gasteiger partial charge is 0.326 e. The monoisotopic (exact) mass is 366 g/mol. The number of nitrogens with zero attached hydrogens (tertiary/aromatic N) is 1. The molecule has 3 rings (SSSR count). The van der Waals surface area contributed by atoms with Gasteiger partial charge in [-0.15, -0.1) is 0 Å². The van der Waals surface area contributed by atoms with Crippen molar-refractivity contribution in [3.05, 3.63) is 70.8 Å². The average Bonchev–Trinajstić information content (AvgIpc) is 2.85.